The molecule has 1 aliphatic rings. The molecule has 186 valence electrons. The first-order valence-electron chi connectivity index (χ1n) is 11.8. The molecule has 1 aromatic heterocycles. The molecule has 2 amide bonds. The molecule has 0 bridgehead atoms. The van der Waals surface area contributed by atoms with E-state index in [0.717, 1.165) is 22.4 Å². The third kappa shape index (κ3) is 6.24. The number of hydrogen-bond donors (Lipinski definition) is 1. The Balaban J connectivity index is 1.92. The number of nitrogens with zero attached hydrogens (tertiary/aromatic N) is 3. The van der Waals surface area contributed by atoms with Crippen molar-refractivity contribution in [2.75, 3.05) is 25.6 Å². The van der Waals surface area contributed by atoms with Gasteiger partial charge in [0.1, 0.15) is 5.69 Å². The fraction of sp³-hybridized carbons (Fsp3) is 0.241. The Morgan fingerprint density at radius 1 is 1.17 bits per heavy atom. The lowest BCUT2D eigenvalue weighted by molar-refractivity contribution is -0.117. The van der Waals surface area contributed by atoms with Gasteiger partial charge in [-0.15, -0.1) is 0 Å². The lowest BCUT2D eigenvalue weighted by Gasteiger charge is -2.23. The molecule has 36 heavy (non-hydrogen) atoms. The highest BCUT2D eigenvalue weighted by atomic mass is 16.5. The third-order valence-corrected chi connectivity index (χ3v) is 5.87. The fourth-order valence-electron chi connectivity index (χ4n) is 3.98. The van der Waals surface area contributed by atoms with E-state index in [2.05, 4.69) is 15.3 Å². The van der Waals surface area contributed by atoms with Crippen molar-refractivity contribution in [3.8, 4) is 0 Å². The smallest absolute Gasteiger partial charge is 0.276 e. The van der Waals surface area contributed by atoms with Crippen molar-refractivity contribution in [2.45, 2.75) is 27.2 Å². The lowest BCUT2D eigenvalue weighted by Crippen LogP contribution is -2.32. The molecular formula is C29H32N4O3. The average molecular weight is 485 g/mol. The molecule has 0 spiro atoms. The molecule has 7 nitrogen and oxygen atoms in total. The zero-order valence-electron chi connectivity index (χ0n) is 21.4. The number of allylic oxidation sites excluding steroid dienone is 4. The number of para-hydroxylation sites is 1. The van der Waals surface area contributed by atoms with Gasteiger partial charge in [0.05, 0.1) is 18.5 Å². The molecule has 1 aliphatic heterocycles. The van der Waals surface area contributed by atoms with Crippen molar-refractivity contribution in [3.63, 3.8) is 0 Å². The molecule has 0 unspecified atom stereocenters. The number of methoxy groups -OCH3 is 1. The highest BCUT2D eigenvalue weighted by Crippen LogP contribution is 2.35. The van der Waals surface area contributed by atoms with Crippen molar-refractivity contribution in [2.24, 2.45) is 4.99 Å². The summed E-state index contributed by atoms with van der Waals surface area (Å²) < 4.78 is 5.18. The minimum atomic E-state index is -0.178. The van der Waals surface area contributed by atoms with Crippen LogP contribution in [0, 0.1) is 0 Å². The molecule has 2 aromatic rings. The van der Waals surface area contributed by atoms with E-state index >= 15 is 0 Å². The minimum Gasteiger partial charge on any atom is -0.481 e. The molecule has 0 saturated carbocycles. The number of carbonyl (C=O) groups excluding carboxylic acids is 2. The summed E-state index contributed by atoms with van der Waals surface area (Å²) in [6.07, 6.45) is 9.48. The maximum atomic E-state index is 13.7. The van der Waals surface area contributed by atoms with Gasteiger partial charge in [-0.05, 0) is 62.6 Å². The first kappa shape index (κ1) is 26.3. The van der Waals surface area contributed by atoms with E-state index in [4.69, 9.17) is 4.74 Å². The van der Waals surface area contributed by atoms with Crippen molar-refractivity contribution in [1.29, 1.82) is 0 Å². The molecule has 0 saturated heterocycles. The van der Waals surface area contributed by atoms with E-state index < -0.39 is 0 Å². The van der Waals surface area contributed by atoms with E-state index in [0.29, 0.717) is 35.8 Å². The first-order chi connectivity index (χ1) is 17.4. The Bertz CT molecular complexity index is 1280. The van der Waals surface area contributed by atoms with Gasteiger partial charge < -0.3 is 15.0 Å². The molecule has 1 aromatic carbocycles. The second-order valence-electron chi connectivity index (χ2n) is 8.18. The Morgan fingerprint density at radius 3 is 2.67 bits per heavy atom. The van der Waals surface area contributed by atoms with Crippen LogP contribution in [0.15, 0.2) is 82.7 Å². The monoisotopic (exact) mass is 484 g/mol. The van der Waals surface area contributed by atoms with Crippen LogP contribution in [-0.4, -0.2) is 43.7 Å². The minimum absolute atomic E-state index is 0.121. The molecule has 3 rings (SSSR count). The van der Waals surface area contributed by atoms with Crippen LogP contribution < -0.4 is 10.2 Å². The van der Waals surface area contributed by atoms with Gasteiger partial charge in [0, 0.05) is 37.0 Å². The zero-order valence-corrected chi connectivity index (χ0v) is 21.4. The van der Waals surface area contributed by atoms with Crippen molar-refractivity contribution in [3.05, 3.63) is 94.7 Å². The van der Waals surface area contributed by atoms with Gasteiger partial charge in [-0.1, -0.05) is 36.4 Å². The lowest BCUT2D eigenvalue weighted by atomic mass is 9.98. The third-order valence-electron chi connectivity index (χ3n) is 5.87. The molecule has 0 fully saturated rings. The van der Waals surface area contributed by atoms with Crippen LogP contribution in [0.25, 0.3) is 11.6 Å². The molecule has 7 heteroatoms. The highest BCUT2D eigenvalue weighted by Gasteiger charge is 2.25. The van der Waals surface area contributed by atoms with E-state index in [1.54, 1.807) is 56.5 Å². The normalized spacial score (nSPS) is 14.8. The van der Waals surface area contributed by atoms with Crippen LogP contribution in [0.1, 0.15) is 48.9 Å². The van der Waals surface area contributed by atoms with Gasteiger partial charge in [-0.3, -0.25) is 9.59 Å². The fourth-order valence-corrected chi connectivity index (χ4v) is 3.98. The Labute approximate surface area is 212 Å². The summed E-state index contributed by atoms with van der Waals surface area (Å²) in [5, 5.41) is 2.66. The molecule has 0 aliphatic carbocycles. The van der Waals surface area contributed by atoms with Crippen molar-refractivity contribution >= 4 is 35.4 Å². The zero-order chi connectivity index (χ0) is 26.1. The number of aromatic nitrogens is 1. The first-order valence-corrected chi connectivity index (χ1v) is 11.8. The van der Waals surface area contributed by atoms with Crippen molar-refractivity contribution in [1.82, 2.24) is 10.3 Å². The van der Waals surface area contributed by atoms with Crippen LogP contribution in [0.3, 0.4) is 0 Å². The second kappa shape index (κ2) is 12.4. The van der Waals surface area contributed by atoms with Crippen LogP contribution in [0.5, 0.6) is 0 Å². The number of likely N-dealkylation sites (N-methyl/N-ethyl adjacent to an activating group) is 1. The van der Waals surface area contributed by atoms with Gasteiger partial charge in [0.25, 0.3) is 5.91 Å². The van der Waals surface area contributed by atoms with Crippen LogP contribution in [0.4, 0.5) is 5.69 Å². The van der Waals surface area contributed by atoms with E-state index in [1.807, 2.05) is 56.3 Å². The van der Waals surface area contributed by atoms with Gasteiger partial charge in [-0.2, -0.15) is 0 Å². The summed E-state index contributed by atoms with van der Waals surface area (Å²) in [4.78, 5) is 36.2. The number of benzene rings is 1. The number of anilines is 1. The molecule has 2 heterocycles. The van der Waals surface area contributed by atoms with E-state index in [9.17, 15) is 9.59 Å². The summed E-state index contributed by atoms with van der Waals surface area (Å²) in [5.41, 5.74) is 5.49. The molecule has 0 atom stereocenters. The predicted octanol–water partition coefficient (Wildman–Crippen LogP) is 5.19. The van der Waals surface area contributed by atoms with Gasteiger partial charge in [-0.25, -0.2) is 9.98 Å². The number of carbonyl (C=O) groups is 2. The average Bonchev–Trinajstić information content (AvgIpc) is 3.04. The van der Waals surface area contributed by atoms with Crippen LogP contribution >= 0.6 is 0 Å². The number of pyridine rings is 1. The maximum absolute atomic E-state index is 13.7. The highest BCUT2D eigenvalue weighted by molar-refractivity contribution is 6.07. The second-order valence-corrected chi connectivity index (χ2v) is 8.18. The number of ether oxygens (including phenoxy) is 1. The predicted molar refractivity (Wildman–Crippen MR) is 146 cm³/mol. The number of aliphatic imine (C=N–C) groups is 1. The molecular weight excluding hydrogens is 452 g/mol. The number of rotatable bonds is 7. The number of amides is 2. The number of fused-ring (bicyclic) bond motifs is 1. The summed E-state index contributed by atoms with van der Waals surface area (Å²) in [5.74, 6) is 0.174. The summed E-state index contributed by atoms with van der Waals surface area (Å²) in [6.45, 7) is 6.11. The summed E-state index contributed by atoms with van der Waals surface area (Å²) in [6, 6.07) is 13.2. The summed E-state index contributed by atoms with van der Waals surface area (Å²) in [7, 11) is 3.17. The van der Waals surface area contributed by atoms with Crippen LogP contribution in [0.2, 0.25) is 0 Å². The quantitative estimate of drug-likeness (QED) is 0.254. The van der Waals surface area contributed by atoms with Crippen molar-refractivity contribution < 1.29 is 14.3 Å². The topological polar surface area (TPSA) is 83.9 Å². The van der Waals surface area contributed by atoms with E-state index in [1.165, 1.54) is 0 Å². The largest absolute Gasteiger partial charge is 0.481 e. The Kier molecular flexibility index (Phi) is 9.11. The standard InChI is InChI=1S/C29H32N4O3/c1-6-31-27(36-5)16-10-12-23-11-9-14-25(32-23)29(35)33-18-17-22(19-20(2)28(34)30-4)21(3)24-13-7-8-15-26(24)33/h6-16,19H,17-18H2,1-5H3,(H,30,34)/b12-10+,20-19+,27-16+,31-6?. The Morgan fingerprint density at radius 2 is 1.94 bits per heavy atom. The summed E-state index contributed by atoms with van der Waals surface area (Å²) >= 11 is 0. The molecule has 1 N–H and O–H groups in total. The van der Waals surface area contributed by atoms with E-state index in [-0.39, 0.29) is 11.8 Å². The van der Waals surface area contributed by atoms with Gasteiger partial charge in [0.2, 0.25) is 11.8 Å². The van der Waals surface area contributed by atoms with Crippen LogP contribution in [-0.2, 0) is 9.53 Å². The maximum Gasteiger partial charge on any atom is 0.276 e. The van der Waals surface area contributed by atoms with Gasteiger partial charge in [0.15, 0.2) is 0 Å². The number of nitrogens with one attached hydrogen (secondary N) is 1. The van der Waals surface area contributed by atoms with Gasteiger partial charge >= 0.3 is 0 Å². The Hall–Kier alpha value is -4.26. The molecule has 0 radical (unpaired) electrons. The number of hydrogen-bond acceptors (Lipinski definition) is 5. The SMILES string of the molecule is CC=N/C(=C\C=C\c1cccc(C(=O)N2CCC(/C=C(\C)C(=O)NC)=C(C)c3ccccc32)n1)OC.